The molecular formula is C13H12N2OS. The number of nitrogens with two attached hydrogens (primary N) is 1. The van der Waals surface area contributed by atoms with E-state index in [4.69, 9.17) is 5.73 Å². The van der Waals surface area contributed by atoms with Crippen molar-refractivity contribution in [3.8, 4) is 0 Å². The normalized spacial score (nSPS) is 10.6. The Balaban J connectivity index is 1.99. The third-order valence-electron chi connectivity index (χ3n) is 2.13. The smallest absolute Gasteiger partial charge is 0.248 e. The monoisotopic (exact) mass is 244 g/mol. The summed E-state index contributed by atoms with van der Waals surface area (Å²) in [7, 11) is 0. The Kier molecular flexibility index (Phi) is 3.57. The summed E-state index contributed by atoms with van der Waals surface area (Å²) >= 11 is 1.54. The molecule has 0 saturated carbocycles. The molecule has 2 aromatic rings. The van der Waals surface area contributed by atoms with Crippen molar-refractivity contribution in [2.75, 3.05) is 11.1 Å². The average Bonchev–Trinajstić information content (AvgIpc) is 2.79. The quantitative estimate of drug-likeness (QED) is 0.644. The third kappa shape index (κ3) is 3.46. The molecule has 0 aliphatic rings. The number of carbonyl (C=O) groups is 1. The molecule has 0 bridgehead atoms. The van der Waals surface area contributed by atoms with E-state index in [2.05, 4.69) is 5.32 Å². The molecule has 0 fully saturated rings. The fourth-order valence-corrected chi connectivity index (χ4v) is 1.94. The fraction of sp³-hybridized carbons (Fsp3) is 0. The van der Waals surface area contributed by atoms with Crippen molar-refractivity contribution in [3.63, 3.8) is 0 Å². The van der Waals surface area contributed by atoms with Crippen molar-refractivity contribution in [3.05, 3.63) is 52.7 Å². The van der Waals surface area contributed by atoms with Crippen LogP contribution in [0.3, 0.4) is 0 Å². The van der Waals surface area contributed by atoms with Crippen molar-refractivity contribution in [1.29, 1.82) is 0 Å². The highest BCUT2D eigenvalue weighted by atomic mass is 32.1. The zero-order valence-electron chi connectivity index (χ0n) is 9.09. The molecule has 3 N–H and O–H groups in total. The Labute approximate surface area is 104 Å². The van der Waals surface area contributed by atoms with Crippen molar-refractivity contribution in [2.45, 2.75) is 0 Å². The van der Waals surface area contributed by atoms with E-state index < -0.39 is 0 Å². The number of nitrogen functional groups attached to an aromatic ring is 1. The molecule has 1 heterocycles. The summed E-state index contributed by atoms with van der Waals surface area (Å²) in [5.41, 5.74) is 8.05. The first-order valence-corrected chi connectivity index (χ1v) is 6.05. The SMILES string of the molecule is Nc1cccc(/C=C/C(=O)Nc2ccsc2)c1. The van der Waals surface area contributed by atoms with Crippen LogP contribution in [0.15, 0.2) is 47.2 Å². The predicted octanol–water partition coefficient (Wildman–Crippen LogP) is 2.98. The summed E-state index contributed by atoms with van der Waals surface area (Å²) in [5, 5.41) is 6.56. The van der Waals surface area contributed by atoms with Gasteiger partial charge in [-0.2, -0.15) is 11.3 Å². The number of nitrogens with one attached hydrogen (secondary N) is 1. The third-order valence-corrected chi connectivity index (χ3v) is 2.81. The molecule has 0 aliphatic heterocycles. The molecule has 86 valence electrons. The van der Waals surface area contributed by atoms with Crippen molar-refractivity contribution in [1.82, 2.24) is 0 Å². The highest BCUT2D eigenvalue weighted by molar-refractivity contribution is 7.08. The summed E-state index contributed by atoms with van der Waals surface area (Å²) in [6.07, 6.45) is 3.23. The maximum absolute atomic E-state index is 11.5. The summed E-state index contributed by atoms with van der Waals surface area (Å²) in [5.74, 6) is -0.147. The van der Waals surface area contributed by atoms with E-state index in [9.17, 15) is 4.79 Å². The lowest BCUT2D eigenvalue weighted by molar-refractivity contribution is -0.111. The van der Waals surface area contributed by atoms with Gasteiger partial charge in [-0.1, -0.05) is 12.1 Å². The van der Waals surface area contributed by atoms with Gasteiger partial charge in [-0.3, -0.25) is 4.79 Å². The highest BCUT2D eigenvalue weighted by Crippen LogP contribution is 2.12. The van der Waals surface area contributed by atoms with Gasteiger partial charge in [0.05, 0.1) is 5.69 Å². The first-order chi connectivity index (χ1) is 8.24. The lowest BCUT2D eigenvalue weighted by atomic mass is 10.2. The molecule has 4 heteroatoms. The number of rotatable bonds is 3. The van der Waals surface area contributed by atoms with E-state index in [1.54, 1.807) is 17.4 Å². The van der Waals surface area contributed by atoms with Crippen molar-refractivity contribution in [2.24, 2.45) is 0 Å². The van der Waals surface area contributed by atoms with Crippen LogP contribution in [0.25, 0.3) is 6.08 Å². The Bertz CT molecular complexity index is 532. The average molecular weight is 244 g/mol. The lowest BCUT2D eigenvalue weighted by Crippen LogP contribution is -2.06. The van der Waals surface area contributed by atoms with E-state index in [1.165, 1.54) is 6.08 Å². The molecule has 1 aromatic heterocycles. The first-order valence-electron chi connectivity index (χ1n) is 5.11. The standard InChI is InChI=1S/C13H12N2OS/c14-11-3-1-2-10(8-11)4-5-13(16)15-12-6-7-17-9-12/h1-9H,14H2,(H,15,16)/b5-4+. The number of carbonyl (C=O) groups excluding carboxylic acids is 1. The fourth-order valence-electron chi connectivity index (χ4n) is 1.35. The Morgan fingerprint density at radius 2 is 2.24 bits per heavy atom. The van der Waals surface area contributed by atoms with E-state index in [0.717, 1.165) is 11.3 Å². The van der Waals surface area contributed by atoms with Gasteiger partial charge >= 0.3 is 0 Å². The summed E-state index contributed by atoms with van der Waals surface area (Å²) in [6, 6.07) is 9.23. The van der Waals surface area contributed by atoms with E-state index in [1.807, 2.05) is 41.1 Å². The molecule has 0 unspecified atom stereocenters. The van der Waals surface area contributed by atoms with Crippen LogP contribution in [-0.2, 0) is 4.79 Å². The highest BCUT2D eigenvalue weighted by Gasteiger charge is 1.97. The van der Waals surface area contributed by atoms with Crippen LogP contribution in [0.4, 0.5) is 11.4 Å². The number of amides is 1. The van der Waals surface area contributed by atoms with Gasteiger partial charge in [-0.15, -0.1) is 0 Å². The Morgan fingerprint density at radius 1 is 1.35 bits per heavy atom. The van der Waals surface area contributed by atoms with Crippen LogP contribution < -0.4 is 11.1 Å². The predicted molar refractivity (Wildman–Crippen MR) is 72.8 cm³/mol. The van der Waals surface area contributed by atoms with Gasteiger partial charge in [0, 0.05) is 17.1 Å². The zero-order chi connectivity index (χ0) is 12.1. The molecule has 17 heavy (non-hydrogen) atoms. The molecule has 0 aliphatic carbocycles. The summed E-state index contributed by atoms with van der Waals surface area (Å²) in [6.45, 7) is 0. The van der Waals surface area contributed by atoms with Crippen LogP contribution in [-0.4, -0.2) is 5.91 Å². The minimum absolute atomic E-state index is 0.147. The van der Waals surface area contributed by atoms with Crippen molar-refractivity contribution < 1.29 is 4.79 Å². The second-order valence-electron chi connectivity index (χ2n) is 3.50. The van der Waals surface area contributed by atoms with Crippen LogP contribution in [0, 0.1) is 0 Å². The largest absolute Gasteiger partial charge is 0.399 e. The van der Waals surface area contributed by atoms with E-state index >= 15 is 0 Å². The lowest BCUT2D eigenvalue weighted by Gasteiger charge is -1.98. The molecule has 0 atom stereocenters. The first kappa shape index (κ1) is 11.4. The van der Waals surface area contributed by atoms with E-state index in [0.29, 0.717) is 5.69 Å². The molecule has 0 saturated heterocycles. The van der Waals surface area contributed by atoms with Gasteiger partial charge in [0.1, 0.15) is 0 Å². The number of anilines is 2. The van der Waals surface area contributed by atoms with Gasteiger partial charge < -0.3 is 11.1 Å². The maximum atomic E-state index is 11.5. The van der Waals surface area contributed by atoms with Gasteiger partial charge in [0.2, 0.25) is 5.91 Å². The second-order valence-corrected chi connectivity index (χ2v) is 4.28. The minimum atomic E-state index is -0.147. The summed E-state index contributed by atoms with van der Waals surface area (Å²) in [4.78, 5) is 11.5. The molecule has 0 spiro atoms. The molecule has 2 rings (SSSR count). The number of benzene rings is 1. The topological polar surface area (TPSA) is 55.1 Å². The molecular weight excluding hydrogens is 232 g/mol. The molecule has 3 nitrogen and oxygen atoms in total. The number of hydrogen-bond acceptors (Lipinski definition) is 3. The van der Waals surface area contributed by atoms with Gasteiger partial charge in [-0.25, -0.2) is 0 Å². The van der Waals surface area contributed by atoms with Gasteiger partial charge in [0.15, 0.2) is 0 Å². The summed E-state index contributed by atoms with van der Waals surface area (Å²) < 4.78 is 0. The van der Waals surface area contributed by atoms with Crippen LogP contribution in [0.5, 0.6) is 0 Å². The molecule has 1 amide bonds. The van der Waals surface area contributed by atoms with Crippen LogP contribution >= 0.6 is 11.3 Å². The minimum Gasteiger partial charge on any atom is -0.399 e. The van der Waals surface area contributed by atoms with Crippen LogP contribution in [0.2, 0.25) is 0 Å². The number of hydrogen-bond donors (Lipinski definition) is 2. The Morgan fingerprint density at radius 3 is 2.94 bits per heavy atom. The Hall–Kier alpha value is -2.07. The zero-order valence-corrected chi connectivity index (χ0v) is 9.91. The number of thiophene rings is 1. The van der Waals surface area contributed by atoms with Gasteiger partial charge in [0.25, 0.3) is 0 Å². The molecule has 0 radical (unpaired) electrons. The van der Waals surface area contributed by atoms with Crippen molar-refractivity contribution >= 4 is 34.7 Å². The second kappa shape index (κ2) is 5.32. The van der Waals surface area contributed by atoms with Gasteiger partial charge in [-0.05, 0) is 35.2 Å². The maximum Gasteiger partial charge on any atom is 0.248 e. The van der Waals surface area contributed by atoms with Crippen LogP contribution in [0.1, 0.15) is 5.56 Å². The molecule has 1 aromatic carbocycles. The van der Waals surface area contributed by atoms with E-state index in [-0.39, 0.29) is 5.91 Å².